The third-order valence-electron chi connectivity index (χ3n) is 3.49. The Morgan fingerprint density at radius 2 is 1.95 bits per heavy atom. The summed E-state index contributed by atoms with van der Waals surface area (Å²) in [4.78, 5) is 7.09. The second kappa shape index (κ2) is 7.87. The lowest BCUT2D eigenvalue weighted by atomic mass is 10.1. The minimum absolute atomic E-state index is 0.218. The zero-order chi connectivity index (χ0) is 14.2. The van der Waals surface area contributed by atoms with Gasteiger partial charge in [0.1, 0.15) is 0 Å². The van der Waals surface area contributed by atoms with Gasteiger partial charge in [0, 0.05) is 12.2 Å². The second-order valence-electron chi connectivity index (χ2n) is 5.32. The van der Waals surface area contributed by atoms with Gasteiger partial charge < -0.3 is 10.2 Å². The topological polar surface area (TPSA) is 65.7 Å². The maximum absolute atomic E-state index is 5.55. The van der Waals surface area contributed by atoms with Crippen LogP contribution in [0, 0.1) is 0 Å². The lowest BCUT2D eigenvalue weighted by Crippen LogP contribution is -2.39. The molecule has 0 amide bonds. The third-order valence-corrected chi connectivity index (χ3v) is 3.49. The second-order valence-corrected chi connectivity index (χ2v) is 5.32. The van der Waals surface area contributed by atoms with Crippen molar-refractivity contribution < 1.29 is 0 Å². The van der Waals surface area contributed by atoms with Gasteiger partial charge in [0.15, 0.2) is 0 Å². The number of guanidine groups is 1. The molecule has 2 rings (SSSR count). The SMILES string of the molecule is CC(CN1CCCCC1)N=C(NN)Nc1ccccc1. The van der Waals surface area contributed by atoms with Crippen LogP contribution in [0.25, 0.3) is 0 Å². The van der Waals surface area contributed by atoms with E-state index in [0.29, 0.717) is 5.96 Å². The molecule has 0 radical (unpaired) electrons. The van der Waals surface area contributed by atoms with Crippen molar-refractivity contribution in [2.75, 3.05) is 25.0 Å². The molecular weight excluding hydrogens is 250 g/mol. The highest BCUT2D eigenvalue weighted by atomic mass is 15.3. The molecule has 110 valence electrons. The summed E-state index contributed by atoms with van der Waals surface area (Å²) in [6, 6.07) is 10.1. The summed E-state index contributed by atoms with van der Waals surface area (Å²) in [6.45, 7) is 5.50. The molecule has 1 aromatic rings. The molecule has 1 aliphatic heterocycles. The van der Waals surface area contributed by atoms with E-state index in [-0.39, 0.29) is 6.04 Å². The molecule has 1 unspecified atom stereocenters. The van der Waals surface area contributed by atoms with E-state index in [9.17, 15) is 0 Å². The number of hydrogen-bond acceptors (Lipinski definition) is 3. The van der Waals surface area contributed by atoms with Crippen LogP contribution < -0.4 is 16.6 Å². The molecule has 5 nitrogen and oxygen atoms in total. The number of rotatable bonds is 4. The van der Waals surface area contributed by atoms with Gasteiger partial charge in [-0.25, -0.2) is 10.8 Å². The zero-order valence-corrected chi connectivity index (χ0v) is 12.2. The van der Waals surface area contributed by atoms with Crippen LogP contribution in [0.2, 0.25) is 0 Å². The fourth-order valence-corrected chi connectivity index (χ4v) is 2.54. The molecule has 5 heteroatoms. The number of nitrogens with zero attached hydrogens (tertiary/aromatic N) is 2. The highest BCUT2D eigenvalue weighted by Crippen LogP contribution is 2.10. The molecule has 0 aromatic heterocycles. The molecule has 0 saturated carbocycles. The van der Waals surface area contributed by atoms with Gasteiger partial charge in [0.05, 0.1) is 6.04 Å². The third kappa shape index (κ3) is 4.83. The lowest BCUT2D eigenvalue weighted by molar-refractivity contribution is 0.220. The zero-order valence-electron chi connectivity index (χ0n) is 12.2. The highest BCUT2D eigenvalue weighted by Gasteiger charge is 2.13. The average molecular weight is 275 g/mol. The molecule has 4 N–H and O–H groups in total. The van der Waals surface area contributed by atoms with Gasteiger partial charge in [-0.2, -0.15) is 0 Å². The number of benzene rings is 1. The molecule has 20 heavy (non-hydrogen) atoms. The molecule has 1 atom stereocenters. The van der Waals surface area contributed by atoms with Crippen LogP contribution in [0.5, 0.6) is 0 Å². The maximum atomic E-state index is 5.55. The van der Waals surface area contributed by atoms with Gasteiger partial charge in [0.25, 0.3) is 0 Å². The Kier molecular flexibility index (Phi) is 5.83. The van der Waals surface area contributed by atoms with Crippen LogP contribution in [0.4, 0.5) is 5.69 Å². The van der Waals surface area contributed by atoms with Gasteiger partial charge in [-0.3, -0.25) is 5.43 Å². The smallest absolute Gasteiger partial charge is 0.210 e. The predicted molar refractivity (Wildman–Crippen MR) is 84.6 cm³/mol. The summed E-state index contributed by atoms with van der Waals surface area (Å²) in [6.07, 6.45) is 3.97. The number of para-hydroxylation sites is 1. The van der Waals surface area contributed by atoms with Crippen LogP contribution >= 0.6 is 0 Å². The normalized spacial score (nSPS) is 18.6. The fraction of sp³-hybridized carbons (Fsp3) is 0.533. The van der Waals surface area contributed by atoms with Crippen molar-refractivity contribution in [3.05, 3.63) is 30.3 Å². The molecule has 1 heterocycles. The number of piperidine rings is 1. The van der Waals surface area contributed by atoms with E-state index in [1.165, 1.54) is 32.4 Å². The minimum atomic E-state index is 0.218. The summed E-state index contributed by atoms with van der Waals surface area (Å²) in [5.41, 5.74) is 3.62. The molecule has 0 spiro atoms. The van der Waals surface area contributed by atoms with Crippen molar-refractivity contribution in [2.45, 2.75) is 32.2 Å². The summed E-state index contributed by atoms with van der Waals surface area (Å²) >= 11 is 0. The number of anilines is 1. The number of hydrogen-bond donors (Lipinski definition) is 3. The van der Waals surface area contributed by atoms with E-state index in [0.717, 1.165) is 12.2 Å². The van der Waals surface area contributed by atoms with Crippen LogP contribution in [0.3, 0.4) is 0 Å². The Morgan fingerprint density at radius 1 is 1.25 bits per heavy atom. The molecular formula is C15H25N5. The molecule has 0 bridgehead atoms. The van der Waals surface area contributed by atoms with Crippen molar-refractivity contribution in [3.8, 4) is 0 Å². The van der Waals surface area contributed by atoms with Crippen molar-refractivity contribution in [2.24, 2.45) is 10.8 Å². The Bertz CT molecular complexity index is 412. The van der Waals surface area contributed by atoms with E-state index in [2.05, 4.69) is 27.6 Å². The number of likely N-dealkylation sites (tertiary alicyclic amines) is 1. The Balaban J connectivity index is 1.88. The number of nitrogens with two attached hydrogens (primary N) is 1. The molecule has 0 aliphatic carbocycles. The quantitative estimate of drug-likeness (QED) is 0.339. The van der Waals surface area contributed by atoms with Gasteiger partial charge in [-0.15, -0.1) is 0 Å². The van der Waals surface area contributed by atoms with E-state index in [4.69, 9.17) is 5.84 Å². The number of hydrazine groups is 1. The van der Waals surface area contributed by atoms with Gasteiger partial charge in [0.2, 0.25) is 5.96 Å². The van der Waals surface area contributed by atoms with E-state index >= 15 is 0 Å². The Morgan fingerprint density at radius 3 is 2.60 bits per heavy atom. The Labute approximate surface area is 121 Å². The van der Waals surface area contributed by atoms with Crippen LogP contribution in [0.15, 0.2) is 35.3 Å². The number of nitrogens with one attached hydrogen (secondary N) is 2. The predicted octanol–water partition coefficient (Wildman–Crippen LogP) is 1.79. The van der Waals surface area contributed by atoms with E-state index in [1.807, 2.05) is 30.3 Å². The van der Waals surface area contributed by atoms with Gasteiger partial charge >= 0.3 is 0 Å². The van der Waals surface area contributed by atoms with Crippen molar-refractivity contribution in [3.63, 3.8) is 0 Å². The van der Waals surface area contributed by atoms with Crippen LogP contribution in [-0.4, -0.2) is 36.5 Å². The van der Waals surface area contributed by atoms with Gasteiger partial charge in [-0.1, -0.05) is 24.6 Å². The first-order valence-electron chi connectivity index (χ1n) is 7.37. The fourth-order valence-electron chi connectivity index (χ4n) is 2.54. The average Bonchev–Trinajstić information content (AvgIpc) is 2.48. The molecule has 1 saturated heterocycles. The van der Waals surface area contributed by atoms with E-state index in [1.54, 1.807) is 0 Å². The first kappa shape index (κ1) is 14.8. The van der Waals surface area contributed by atoms with Crippen molar-refractivity contribution >= 4 is 11.6 Å². The lowest BCUT2D eigenvalue weighted by Gasteiger charge is -2.28. The molecule has 1 aromatic carbocycles. The largest absolute Gasteiger partial charge is 0.325 e. The summed E-state index contributed by atoms with van der Waals surface area (Å²) in [7, 11) is 0. The maximum Gasteiger partial charge on any atom is 0.210 e. The highest BCUT2D eigenvalue weighted by molar-refractivity contribution is 5.93. The van der Waals surface area contributed by atoms with Gasteiger partial charge in [-0.05, 0) is 45.0 Å². The van der Waals surface area contributed by atoms with Crippen LogP contribution in [-0.2, 0) is 0 Å². The van der Waals surface area contributed by atoms with Crippen molar-refractivity contribution in [1.82, 2.24) is 10.3 Å². The first-order valence-corrected chi connectivity index (χ1v) is 7.37. The Hall–Kier alpha value is -1.59. The summed E-state index contributed by atoms with van der Waals surface area (Å²) < 4.78 is 0. The standard InChI is InChI=1S/C15H25N5/c1-13(12-20-10-6-3-7-11-20)17-15(19-16)18-14-8-4-2-5-9-14/h2,4-5,8-9,13H,3,6-7,10-12,16H2,1H3,(H2,17,18,19). The summed E-state index contributed by atoms with van der Waals surface area (Å²) in [5.74, 6) is 6.16. The molecule has 1 aliphatic rings. The summed E-state index contributed by atoms with van der Waals surface area (Å²) in [5, 5.41) is 3.19. The van der Waals surface area contributed by atoms with E-state index < -0.39 is 0 Å². The monoisotopic (exact) mass is 275 g/mol. The van der Waals surface area contributed by atoms with Crippen molar-refractivity contribution in [1.29, 1.82) is 0 Å². The minimum Gasteiger partial charge on any atom is -0.325 e. The molecule has 1 fully saturated rings. The first-order chi connectivity index (χ1) is 9.78. The number of aliphatic imine (C=N–C) groups is 1. The van der Waals surface area contributed by atoms with Crippen LogP contribution in [0.1, 0.15) is 26.2 Å².